The standard InChI is InChI=1S/C15H11BrN2OS/c1-9-5-4-8-12(13(9)16)18-14(19)10-6-2-3-7-11(10)17-15(18)20/h2-8H,1H3,(H,17,20). The highest BCUT2D eigenvalue weighted by Gasteiger charge is 2.10. The Kier molecular flexibility index (Phi) is 3.31. The van der Waals surface area contributed by atoms with Crippen LogP contribution in [0.5, 0.6) is 0 Å². The number of hydrogen-bond donors (Lipinski definition) is 1. The van der Waals surface area contributed by atoms with Crippen LogP contribution in [-0.4, -0.2) is 9.55 Å². The number of aryl methyl sites for hydroxylation is 1. The molecule has 0 saturated heterocycles. The monoisotopic (exact) mass is 346 g/mol. The average molecular weight is 347 g/mol. The second-order valence-corrected chi connectivity index (χ2v) is 5.70. The van der Waals surface area contributed by atoms with Gasteiger partial charge in [-0.25, -0.2) is 0 Å². The molecule has 0 aliphatic heterocycles. The van der Waals surface area contributed by atoms with E-state index in [0.29, 0.717) is 10.2 Å². The summed E-state index contributed by atoms with van der Waals surface area (Å²) in [5, 5.41) is 0.620. The maximum Gasteiger partial charge on any atom is 0.266 e. The molecular weight excluding hydrogens is 336 g/mol. The van der Waals surface area contributed by atoms with Gasteiger partial charge in [0, 0.05) is 4.47 Å². The highest BCUT2D eigenvalue weighted by Crippen LogP contribution is 2.24. The summed E-state index contributed by atoms with van der Waals surface area (Å²) in [6.07, 6.45) is 0. The van der Waals surface area contributed by atoms with Gasteiger partial charge in [0.05, 0.1) is 16.6 Å². The fraction of sp³-hybridized carbons (Fsp3) is 0.0667. The first-order valence-electron chi connectivity index (χ1n) is 6.09. The highest BCUT2D eigenvalue weighted by molar-refractivity contribution is 9.10. The SMILES string of the molecule is Cc1cccc(-n2c(=S)[nH]c3ccccc3c2=O)c1Br. The van der Waals surface area contributed by atoms with Crippen molar-refractivity contribution in [3.63, 3.8) is 0 Å². The molecule has 0 amide bonds. The minimum Gasteiger partial charge on any atom is -0.331 e. The van der Waals surface area contributed by atoms with Crippen molar-refractivity contribution in [2.75, 3.05) is 0 Å². The van der Waals surface area contributed by atoms with Gasteiger partial charge in [-0.2, -0.15) is 0 Å². The average Bonchev–Trinajstić information content (AvgIpc) is 2.43. The molecule has 3 nitrogen and oxygen atoms in total. The fourth-order valence-corrected chi connectivity index (χ4v) is 2.92. The van der Waals surface area contributed by atoms with Crippen LogP contribution in [0.4, 0.5) is 0 Å². The predicted molar refractivity (Wildman–Crippen MR) is 87.2 cm³/mol. The van der Waals surface area contributed by atoms with Gasteiger partial charge in [-0.15, -0.1) is 0 Å². The lowest BCUT2D eigenvalue weighted by molar-refractivity contribution is 0.933. The molecule has 100 valence electrons. The summed E-state index contributed by atoms with van der Waals surface area (Å²) in [6.45, 7) is 1.98. The summed E-state index contributed by atoms with van der Waals surface area (Å²) in [6, 6.07) is 13.1. The van der Waals surface area contributed by atoms with Crippen molar-refractivity contribution < 1.29 is 0 Å². The molecule has 2 aromatic carbocycles. The van der Waals surface area contributed by atoms with Crippen LogP contribution in [0, 0.1) is 11.7 Å². The molecule has 5 heteroatoms. The molecule has 0 fully saturated rings. The van der Waals surface area contributed by atoms with E-state index in [1.165, 1.54) is 4.57 Å². The minimum atomic E-state index is -0.115. The van der Waals surface area contributed by atoms with Gasteiger partial charge in [0.1, 0.15) is 0 Å². The van der Waals surface area contributed by atoms with E-state index < -0.39 is 0 Å². The molecule has 0 unspecified atom stereocenters. The van der Waals surface area contributed by atoms with Gasteiger partial charge >= 0.3 is 0 Å². The Balaban J connectivity index is 2.46. The van der Waals surface area contributed by atoms with E-state index in [-0.39, 0.29) is 5.56 Å². The second kappa shape index (κ2) is 5.00. The number of H-pyrrole nitrogens is 1. The van der Waals surface area contributed by atoms with E-state index in [9.17, 15) is 4.79 Å². The summed E-state index contributed by atoms with van der Waals surface area (Å²) in [5.74, 6) is 0. The van der Waals surface area contributed by atoms with Crippen molar-refractivity contribution in [3.05, 3.63) is 67.6 Å². The van der Waals surface area contributed by atoms with Gasteiger partial charge in [-0.3, -0.25) is 9.36 Å². The maximum atomic E-state index is 12.7. The second-order valence-electron chi connectivity index (χ2n) is 4.52. The molecule has 20 heavy (non-hydrogen) atoms. The number of benzene rings is 2. The Bertz CT molecular complexity index is 927. The third-order valence-electron chi connectivity index (χ3n) is 3.22. The van der Waals surface area contributed by atoms with Crippen LogP contribution in [0.15, 0.2) is 51.7 Å². The molecule has 1 aromatic heterocycles. The summed E-state index contributed by atoms with van der Waals surface area (Å²) >= 11 is 8.87. The first kappa shape index (κ1) is 13.3. The van der Waals surface area contributed by atoms with Gasteiger partial charge in [0.2, 0.25) is 0 Å². The fourth-order valence-electron chi connectivity index (χ4n) is 2.19. The van der Waals surface area contributed by atoms with E-state index in [4.69, 9.17) is 12.2 Å². The lowest BCUT2D eigenvalue weighted by Crippen LogP contribution is -2.21. The summed E-state index contributed by atoms with van der Waals surface area (Å²) in [7, 11) is 0. The van der Waals surface area contributed by atoms with E-state index >= 15 is 0 Å². The summed E-state index contributed by atoms with van der Waals surface area (Å²) < 4.78 is 2.78. The van der Waals surface area contributed by atoms with Crippen molar-refractivity contribution in [3.8, 4) is 5.69 Å². The van der Waals surface area contributed by atoms with Crippen molar-refractivity contribution in [2.24, 2.45) is 0 Å². The van der Waals surface area contributed by atoms with Crippen molar-refractivity contribution in [2.45, 2.75) is 6.92 Å². The van der Waals surface area contributed by atoms with Crippen LogP contribution in [0.3, 0.4) is 0 Å². The summed E-state index contributed by atoms with van der Waals surface area (Å²) in [5.41, 5.74) is 2.44. The molecule has 0 aliphatic rings. The Labute approximate surface area is 129 Å². The number of fused-ring (bicyclic) bond motifs is 1. The van der Waals surface area contributed by atoms with Crippen LogP contribution in [0.2, 0.25) is 0 Å². The maximum absolute atomic E-state index is 12.7. The van der Waals surface area contributed by atoms with Crippen LogP contribution < -0.4 is 5.56 Å². The number of aromatic nitrogens is 2. The Hall–Kier alpha value is -1.72. The molecule has 0 atom stereocenters. The smallest absolute Gasteiger partial charge is 0.266 e. The molecule has 3 aromatic rings. The third kappa shape index (κ3) is 2.03. The van der Waals surface area contributed by atoms with Gasteiger partial charge in [0.15, 0.2) is 4.77 Å². The number of rotatable bonds is 1. The normalized spacial score (nSPS) is 10.9. The first-order chi connectivity index (χ1) is 9.59. The molecule has 0 bridgehead atoms. The molecule has 0 radical (unpaired) electrons. The topological polar surface area (TPSA) is 37.8 Å². The quantitative estimate of drug-likeness (QED) is 0.673. The van der Waals surface area contributed by atoms with Crippen molar-refractivity contribution >= 4 is 39.1 Å². The van der Waals surface area contributed by atoms with E-state index in [1.54, 1.807) is 6.07 Å². The minimum absolute atomic E-state index is 0.115. The van der Waals surface area contributed by atoms with E-state index in [1.807, 2.05) is 43.3 Å². The van der Waals surface area contributed by atoms with Gasteiger partial charge in [-0.1, -0.05) is 24.3 Å². The zero-order chi connectivity index (χ0) is 14.3. The summed E-state index contributed by atoms with van der Waals surface area (Å²) in [4.78, 5) is 15.8. The van der Waals surface area contributed by atoms with E-state index in [0.717, 1.165) is 21.2 Å². The molecule has 0 saturated carbocycles. The third-order valence-corrected chi connectivity index (χ3v) is 4.53. The molecule has 1 N–H and O–H groups in total. The zero-order valence-electron chi connectivity index (χ0n) is 10.7. The van der Waals surface area contributed by atoms with Crippen molar-refractivity contribution in [1.82, 2.24) is 9.55 Å². The first-order valence-corrected chi connectivity index (χ1v) is 7.29. The van der Waals surface area contributed by atoms with Gasteiger partial charge < -0.3 is 4.98 Å². The molecule has 3 rings (SSSR count). The molecule has 0 spiro atoms. The Morgan fingerprint density at radius 2 is 1.90 bits per heavy atom. The number of aromatic amines is 1. The van der Waals surface area contributed by atoms with Crippen LogP contribution in [0.1, 0.15) is 5.56 Å². The Morgan fingerprint density at radius 3 is 2.70 bits per heavy atom. The number of hydrogen-bond acceptors (Lipinski definition) is 2. The Morgan fingerprint density at radius 1 is 1.15 bits per heavy atom. The molecule has 1 heterocycles. The predicted octanol–water partition coefficient (Wildman–Crippen LogP) is 4.12. The number of halogens is 1. The number of nitrogens with zero attached hydrogens (tertiary/aromatic N) is 1. The lowest BCUT2D eigenvalue weighted by Gasteiger charge is -2.11. The van der Waals surface area contributed by atoms with E-state index in [2.05, 4.69) is 20.9 Å². The largest absolute Gasteiger partial charge is 0.331 e. The van der Waals surface area contributed by atoms with Gasteiger partial charge in [0.25, 0.3) is 5.56 Å². The van der Waals surface area contributed by atoms with Crippen molar-refractivity contribution in [1.29, 1.82) is 0 Å². The van der Waals surface area contributed by atoms with Gasteiger partial charge in [-0.05, 0) is 58.8 Å². The van der Waals surface area contributed by atoms with Crippen LogP contribution >= 0.6 is 28.1 Å². The molecule has 0 aliphatic carbocycles. The van der Waals surface area contributed by atoms with Crippen LogP contribution in [-0.2, 0) is 0 Å². The highest BCUT2D eigenvalue weighted by atomic mass is 79.9. The van der Waals surface area contributed by atoms with Crippen LogP contribution in [0.25, 0.3) is 16.6 Å². The lowest BCUT2D eigenvalue weighted by atomic mass is 10.2. The number of para-hydroxylation sites is 1. The number of nitrogens with one attached hydrogen (secondary N) is 1. The molecular formula is C15H11BrN2OS. The zero-order valence-corrected chi connectivity index (χ0v) is 13.1.